The van der Waals surface area contributed by atoms with Crippen molar-refractivity contribution in [3.05, 3.63) is 58.3 Å². The topological polar surface area (TPSA) is 60.2 Å². The molecule has 0 spiro atoms. The minimum atomic E-state index is -4.04. The molecule has 0 N–H and O–H groups in total. The van der Waals surface area contributed by atoms with Crippen LogP contribution in [-0.4, -0.2) is 19.8 Å². The molecule has 0 aliphatic heterocycles. The smallest absolute Gasteiger partial charge is 0.181 e. The highest BCUT2D eigenvalue weighted by Gasteiger charge is 2.24. The number of aromatic nitrogens is 1. The van der Waals surface area contributed by atoms with E-state index >= 15 is 0 Å². The Labute approximate surface area is 154 Å². The number of rotatable bonds is 3. The van der Waals surface area contributed by atoms with Crippen molar-refractivity contribution >= 4 is 21.4 Å². The molecule has 1 heterocycles. The number of sulfone groups is 1. The number of nitrogens with zero attached hydrogens (tertiary/aromatic N) is 1. The minimum absolute atomic E-state index is 0.123. The van der Waals surface area contributed by atoms with Crippen molar-refractivity contribution in [2.45, 2.75) is 18.7 Å². The number of halogens is 3. The molecule has 0 saturated carbocycles. The van der Waals surface area contributed by atoms with Crippen molar-refractivity contribution < 1.29 is 21.7 Å². The van der Waals surface area contributed by atoms with Gasteiger partial charge in [-0.05, 0) is 43.2 Å². The Morgan fingerprint density at radius 1 is 1.04 bits per heavy atom. The molecule has 3 aromatic rings. The number of hydrogen-bond donors (Lipinski definition) is 0. The summed E-state index contributed by atoms with van der Waals surface area (Å²) < 4.78 is 56.9. The molecule has 0 aliphatic rings. The lowest BCUT2D eigenvalue weighted by Crippen LogP contribution is -2.05. The van der Waals surface area contributed by atoms with E-state index in [1.165, 1.54) is 0 Å². The van der Waals surface area contributed by atoms with E-state index in [1.54, 1.807) is 25.1 Å². The van der Waals surface area contributed by atoms with E-state index in [9.17, 15) is 17.2 Å². The fourth-order valence-electron chi connectivity index (χ4n) is 2.71. The second kappa shape index (κ2) is 6.48. The summed E-state index contributed by atoms with van der Waals surface area (Å²) >= 11 is 6.15. The third-order valence-corrected chi connectivity index (χ3v) is 5.50. The van der Waals surface area contributed by atoms with Crippen LogP contribution in [0.15, 0.2) is 39.8 Å². The standard InChI is InChI=1S/C18H14ClF2NO3S/c1-9-4-5-11(6-13(9)19)17-16(10(2)25-22-17)12-7-14(20)18(15(21)8-12)26(3,23)24/h4-8H,1-3H3. The molecule has 0 bridgehead atoms. The molecule has 0 aliphatic carbocycles. The van der Waals surface area contributed by atoms with Gasteiger partial charge in [-0.15, -0.1) is 0 Å². The fraction of sp³-hybridized carbons (Fsp3) is 0.167. The van der Waals surface area contributed by atoms with E-state index in [0.717, 1.165) is 24.0 Å². The van der Waals surface area contributed by atoms with Crippen LogP contribution in [0.5, 0.6) is 0 Å². The molecule has 3 rings (SSSR count). The molecule has 8 heteroatoms. The van der Waals surface area contributed by atoms with E-state index in [0.29, 0.717) is 27.6 Å². The first-order valence-corrected chi connectivity index (χ1v) is 9.79. The molecular weight excluding hydrogens is 384 g/mol. The Bertz CT molecular complexity index is 1100. The lowest BCUT2D eigenvalue weighted by Gasteiger charge is -2.08. The van der Waals surface area contributed by atoms with Crippen molar-refractivity contribution in [2.75, 3.05) is 6.26 Å². The van der Waals surface area contributed by atoms with Gasteiger partial charge in [0.2, 0.25) is 0 Å². The Morgan fingerprint density at radius 3 is 2.19 bits per heavy atom. The van der Waals surface area contributed by atoms with Crippen molar-refractivity contribution in [3.63, 3.8) is 0 Å². The molecule has 0 saturated heterocycles. The number of aryl methyl sites for hydroxylation is 2. The van der Waals surface area contributed by atoms with E-state index in [-0.39, 0.29) is 5.56 Å². The summed E-state index contributed by atoms with van der Waals surface area (Å²) in [7, 11) is -4.04. The van der Waals surface area contributed by atoms with Gasteiger partial charge in [-0.25, -0.2) is 17.2 Å². The maximum atomic E-state index is 14.3. The zero-order valence-corrected chi connectivity index (χ0v) is 15.7. The van der Waals surface area contributed by atoms with Crippen LogP contribution in [-0.2, 0) is 9.84 Å². The summed E-state index contributed by atoms with van der Waals surface area (Å²) in [6, 6.07) is 7.14. The molecule has 0 unspecified atom stereocenters. The van der Waals surface area contributed by atoms with Crippen LogP contribution >= 0.6 is 11.6 Å². The molecule has 0 atom stereocenters. The van der Waals surface area contributed by atoms with Gasteiger partial charge in [0, 0.05) is 16.8 Å². The highest BCUT2D eigenvalue weighted by atomic mass is 35.5. The van der Waals surface area contributed by atoms with Crippen LogP contribution in [0.2, 0.25) is 5.02 Å². The predicted octanol–water partition coefficient (Wildman–Crippen LogP) is 4.96. The molecule has 136 valence electrons. The summed E-state index contributed by atoms with van der Waals surface area (Å²) in [6.07, 6.45) is 0.749. The van der Waals surface area contributed by atoms with E-state index in [1.807, 2.05) is 6.92 Å². The Hall–Kier alpha value is -2.25. The maximum absolute atomic E-state index is 14.3. The van der Waals surface area contributed by atoms with Gasteiger partial charge in [-0.1, -0.05) is 28.9 Å². The van der Waals surface area contributed by atoms with Crippen LogP contribution in [0.3, 0.4) is 0 Å². The Morgan fingerprint density at radius 2 is 1.65 bits per heavy atom. The first-order chi connectivity index (χ1) is 12.1. The number of hydrogen-bond acceptors (Lipinski definition) is 4. The monoisotopic (exact) mass is 397 g/mol. The predicted molar refractivity (Wildman–Crippen MR) is 94.9 cm³/mol. The Balaban J connectivity index is 2.23. The van der Waals surface area contributed by atoms with Crippen molar-refractivity contribution in [2.24, 2.45) is 0 Å². The summed E-state index contributed by atoms with van der Waals surface area (Å²) in [4.78, 5) is -0.963. The average molecular weight is 398 g/mol. The van der Waals surface area contributed by atoms with Crippen LogP contribution < -0.4 is 0 Å². The third-order valence-electron chi connectivity index (χ3n) is 3.97. The SMILES string of the molecule is Cc1ccc(-c2noc(C)c2-c2cc(F)c(S(C)(=O)=O)c(F)c2)cc1Cl. The molecular formula is C18H14ClF2NO3S. The quantitative estimate of drug-likeness (QED) is 0.626. The van der Waals surface area contributed by atoms with Crippen molar-refractivity contribution in [1.29, 1.82) is 0 Å². The van der Waals surface area contributed by atoms with Gasteiger partial charge in [0.05, 0.1) is 5.56 Å². The second-order valence-corrected chi connectivity index (χ2v) is 8.33. The van der Waals surface area contributed by atoms with E-state index < -0.39 is 26.4 Å². The minimum Gasteiger partial charge on any atom is -0.360 e. The van der Waals surface area contributed by atoms with E-state index in [4.69, 9.17) is 16.1 Å². The molecule has 26 heavy (non-hydrogen) atoms. The molecule has 0 radical (unpaired) electrons. The Kier molecular flexibility index (Phi) is 4.62. The van der Waals surface area contributed by atoms with Gasteiger partial charge < -0.3 is 4.52 Å². The van der Waals surface area contributed by atoms with Gasteiger partial charge in [0.15, 0.2) is 9.84 Å². The third kappa shape index (κ3) is 3.24. The van der Waals surface area contributed by atoms with Gasteiger partial charge in [-0.3, -0.25) is 0 Å². The average Bonchev–Trinajstić information content (AvgIpc) is 2.89. The molecule has 4 nitrogen and oxygen atoms in total. The lowest BCUT2D eigenvalue weighted by atomic mass is 9.98. The molecule has 0 amide bonds. The van der Waals surface area contributed by atoms with Crippen LogP contribution in [0.4, 0.5) is 8.78 Å². The van der Waals surface area contributed by atoms with Gasteiger partial charge in [0.25, 0.3) is 0 Å². The second-order valence-electron chi connectivity index (χ2n) is 5.97. The van der Waals surface area contributed by atoms with Gasteiger partial charge in [0.1, 0.15) is 28.0 Å². The largest absolute Gasteiger partial charge is 0.360 e. The van der Waals surface area contributed by atoms with Gasteiger partial charge >= 0.3 is 0 Å². The summed E-state index contributed by atoms with van der Waals surface area (Å²) in [5, 5.41) is 4.48. The summed E-state index contributed by atoms with van der Waals surface area (Å²) in [5.41, 5.74) is 2.32. The van der Waals surface area contributed by atoms with Crippen LogP contribution in [0.1, 0.15) is 11.3 Å². The first kappa shape index (κ1) is 18.5. The maximum Gasteiger partial charge on any atom is 0.181 e. The molecule has 0 fully saturated rings. The summed E-state index contributed by atoms with van der Waals surface area (Å²) in [6.45, 7) is 3.44. The highest BCUT2D eigenvalue weighted by molar-refractivity contribution is 7.90. The van der Waals surface area contributed by atoms with Crippen LogP contribution in [0.25, 0.3) is 22.4 Å². The zero-order valence-electron chi connectivity index (χ0n) is 14.1. The number of benzene rings is 2. The van der Waals surface area contributed by atoms with Crippen LogP contribution in [0, 0.1) is 25.5 Å². The van der Waals surface area contributed by atoms with Gasteiger partial charge in [-0.2, -0.15) is 0 Å². The van der Waals surface area contributed by atoms with E-state index in [2.05, 4.69) is 5.16 Å². The molecule has 2 aromatic carbocycles. The first-order valence-electron chi connectivity index (χ1n) is 7.52. The fourth-order valence-corrected chi connectivity index (χ4v) is 3.71. The zero-order chi connectivity index (χ0) is 19.2. The normalized spacial score (nSPS) is 11.8. The highest BCUT2D eigenvalue weighted by Crippen LogP contribution is 2.37. The van der Waals surface area contributed by atoms with Crippen molar-refractivity contribution in [3.8, 4) is 22.4 Å². The molecule has 1 aromatic heterocycles. The summed E-state index contributed by atoms with van der Waals surface area (Å²) in [5.74, 6) is -2.01. The lowest BCUT2D eigenvalue weighted by molar-refractivity contribution is 0.400. The van der Waals surface area contributed by atoms with Crippen molar-refractivity contribution in [1.82, 2.24) is 5.16 Å².